The van der Waals surface area contributed by atoms with Crippen molar-refractivity contribution in [2.45, 2.75) is 118 Å². The quantitative estimate of drug-likeness (QED) is 0.348. The highest BCUT2D eigenvalue weighted by atomic mass is 16.5. The van der Waals surface area contributed by atoms with E-state index in [9.17, 15) is 14.4 Å². The molecular formula is C29H51N3O4. The van der Waals surface area contributed by atoms with E-state index >= 15 is 0 Å². The lowest BCUT2D eigenvalue weighted by atomic mass is 9.78. The lowest BCUT2D eigenvalue weighted by Gasteiger charge is -2.45. The average molecular weight is 506 g/mol. The first-order chi connectivity index (χ1) is 16.8. The van der Waals surface area contributed by atoms with E-state index in [4.69, 9.17) is 4.74 Å². The number of rotatable bonds is 10. The molecule has 2 fully saturated rings. The van der Waals surface area contributed by atoms with E-state index < -0.39 is 11.5 Å². The Kier molecular flexibility index (Phi) is 11.0. The predicted molar refractivity (Wildman–Crippen MR) is 144 cm³/mol. The summed E-state index contributed by atoms with van der Waals surface area (Å²) in [4.78, 5) is 43.8. The van der Waals surface area contributed by atoms with Crippen LogP contribution in [0.5, 0.6) is 0 Å². The molecule has 0 radical (unpaired) electrons. The van der Waals surface area contributed by atoms with Crippen LogP contribution >= 0.6 is 0 Å². The third-order valence-electron chi connectivity index (χ3n) is 8.10. The molecule has 0 aromatic rings. The molecule has 1 N–H and O–H groups in total. The van der Waals surface area contributed by atoms with Crippen molar-refractivity contribution in [1.29, 1.82) is 0 Å². The molecule has 0 aromatic heterocycles. The van der Waals surface area contributed by atoms with E-state index in [0.29, 0.717) is 24.1 Å². The molecule has 0 spiro atoms. The Morgan fingerprint density at radius 3 is 2.22 bits per heavy atom. The Bertz CT molecular complexity index is 797. The Labute approximate surface area is 219 Å². The van der Waals surface area contributed by atoms with E-state index in [2.05, 4.69) is 17.1 Å². The minimum Gasteiger partial charge on any atom is -0.463 e. The van der Waals surface area contributed by atoms with E-state index in [0.717, 1.165) is 25.8 Å². The number of nitrogens with zero attached hydrogens (tertiary/aromatic N) is 2. The Morgan fingerprint density at radius 1 is 1.08 bits per heavy atom. The predicted octanol–water partition coefficient (Wildman–Crippen LogP) is 4.55. The number of likely N-dealkylation sites (tertiary alicyclic amines) is 1. The van der Waals surface area contributed by atoms with Crippen molar-refractivity contribution in [1.82, 2.24) is 15.1 Å². The molecule has 206 valence electrons. The fourth-order valence-electron chi connectivity index (χ4n) is 5.47. The number of nitrogens with one attached hydrogen (secondary N) is 1. The van der Waals surface area contributed by atoms with Gasteiger partial charge in [-0.05, 0) is 70.3 Å². The van der Waals surface area contributed by atoms with Crippen molar-refractivity contribution in [3.63, 3.8) is 0 Å². The van der Waals surface area contributed by atoms with Gasteiger partial charge in [0.25, 0.3) is 0 Å². The van der Waals surface area contributed by atoms with Gasteiger partial charge in [0.1, 0.15) is 6.04 Å². The first kappa shape index (κ1) is 30.3. The highest BCUT2D eigenvalue weighted by molar-refractivity contribution is 5.91. The highest BCUT2D eigenvalue weighted by Gasteiger charge is 2.41. The fourth-order valence-corrected chi connectivity index (χ4v) is 5.47. The van der Waals surface area contributed by atoms with Gasteiger partial charge in [0.2, 0.25) is 11.8 Å². The Hall–Kier alpha value is -1.89. The molecule has 2 amide bonds. The number of carbonyl (C=O) groups is 3. The molecule has 1 aliphatic carbocycles. The van der Waals surface area contributed by atoms with Gasteiger partial charge in [-0.3, -0.25) is 14.5 Å². The number of ether oxygens (including phenoxy) is 1. The summed E-state index contributed by atoms with van der Waals surface area (Å²) in [5.41, 5.74) is 0.0102. The van der Waals surface area contributed by atoms with E-state index in [-0.39, 0.29) is 35.8 Å². The molecular weight excluding hydrogens is 454 g/mol. The summed E-state index contributed by atoms with van der Waals surface area (Å²) in [6, 6.07) is -0.768. The Morgan fingerprint density at radius 2 is 1.72 bits per heavy atom. The van der Waals surface area contributed by atoms with Gasteiger partial charge in [-0.2, -0.15) is 0 Å². The summed E-state index contributed by atoms with van der Waals surface area (Å²) in [5, 5.41) is 3.17. The summed E-state index contributed by atoms with van der Waals surface area (Å²) >= 11 is 0. The van der Waals surface area contributed by atoms with Crippen LogP contribution in [0.25, 0.3) is 0 Å². The Balaban J connectivity index is 2.23. The van der Waals surface area contributed by atoms with Crippen molar-refractivity contribution < 1.29 is 19.1 Å². The number of hydrogen-bond acceptors (Lipinski definition) is 5. The first-order valence-corrected chi connectivity index (χ1v) is 14.0. The molecule has 0 bridgehead atoms. The second-order valence-electron chi connectivity index (χ2n) is 12.2. The summed E-state index contributed by atoms with van der Waals surface area (Å²) in [6.07, 6.45) is 8.57. The number of carbonyl (C=O) groups excluding carboxylic acids is 3. The zero-order chi connectivity index (χ0) is 27.2. The van der Waals surface area contributed by atoms with Gasteiger partial charge in [-0.1, -0.05) is 53.5 Å². The van der Waals surface area contributed by atoms with E-state index in [1.54, 1.807) is 25.8 Å². The van der Waals surface area contributed by atoms with Gasteiger partial charge in [-0.15, -0.1) is 0 Å². The molecule has 7 nitrogen and oxygen atoms in total. The summed E-state index contributed by atoms with van der Waals surface area (Å²) in [5.74, 6) is 0.198. The standard InChI is InChI=1S/C29H51N3O4/c1-10-36-28(35)20(4)18-24(19(2)3)31(9)27(34)25(29(6,7)8)30-26(33)23-16-11-12-17-32(23)21(5)22-14-13-15-22/h18-19,21-25H,10-17H2,1-9H3,(H,30,33)/t21?,23-,24-,25-/m1/s1. The maximum Gasteiger partial charge on any atom is 0.333 e. The maximum absolute atomic E-state index is 13.9. The molecule has 1 aliphatic heterocycles. The van der Waals surface area contributed by atoms with Crippen molar-refractivity contribution in [2.24, 2.45) is 17.3 Å². The average Bonchev–Trinajstić information content (AvgIpc) is 2.77. The zero-order valence-corrected chi connectivity index (χ0v) is 24.2. The second kappa shape index (κ2) is 13.1. The maximum atomic E-state index is 13.9. The minimum absolute atomic E-state index is 0.0399. The summed E-state index contributed by atoms with van der Waals surface area (Å²) in [7, 11) is 1.76. The molecule has 2 aliphatic rings. The summed E-state index contributed by atoms with van der Waals surface area (Å²) < 4.78 is 5.13. The van der Waals surface area contributed by atoms with Gasteiger partial charge in [0, 0.05) is 18.7 Å². The van der Waals surface area contributed by atoms with Crippen LogP contribution in [-0.2, 0) is 19.1 Å². The van der Waals surface area contributed by atoms with Gasteiger partial charge in [0.05, 0.1) is 18.7 Å². The van der Waals surface area contributed by atoms with Crippen molar-refractivity contribution in [2.75, 3.05) is 20.2 Å². The minimum atomic E-state index is -0.671. The molecule has 1 saturated carbocycles. The van der Waals surface area contributed by atoms with Crippen molar-refractivity contribution in [3.05, 3.63) is 11.6 Å². The number of likely N-dealkylation sites (N-methyl/N-ethyl adjacent to an activating group) is 1. The van der Waals surface area contributed by atoms with Crippen LogP contribution in [0.15, 0.2) is 11.6 Å². The molecule has 1 heterocycles. The molecule has 4 atom stereocenters. The molecule has 1 saturated heterocycles. The van der Waals surface area contributed by atoms with Crippen LogP contribution in [0.3, 0.4) is 0 Å². The zero-order valence-electron chi connectivity index (χ0n) is 24.2. The van der Waals surface area contributed by atoms with Gasteiger partial charge < -0.3 is 15.0 Å². The summed E-state index contributed by atoms with van der Waals surface area (Å²) in [6.45, 7) is 17.0. The first-order valence-electron chi connectivity index (χ1n) is 14.0. The lowest BCUT2D eigenvalue weighted by molar-refractivity contribution is -0.142. The molecule has 0 aromatic carbocycles. The molecule has 1 unspecified atom stereocenters. The number of piperidine rings is 1. The number of hydrogen-bond donors (Lipinski definition) is 1. The van der Waals surface area contributed by atoms with Gasteiger partial charge in [-0.25, -0.2) is 4.79 Å². The molecule has 2 rings (SSSR count). The topological polar surface area (TPSA) is 79.0 Å². The third kappa shape index (κ3) is 7.56. The smallest absolute Gasteiger partial charge is 0.333 e. The van der Waals surface area contributed by atoms with Crippen LogP contribution in [0, 0.1) is 17.3 Å². The van der Waals surface area contributed by atoms with Crippen molar-refractivity contribution in [3.8, 4) is 0 Å². The van der Waals surface area contributed by atoms with Gasteiger partial charge >= 0.3 is 5.97 Å². The van der Waals surface area contributed by atoms with Crippen LogP contribution in [0.2, 0.25) is 0 Å². The van der Waals surface area contributed by atoms with E-state index in [1.165, 1.54) is 19.3 Å². The van der Waals surface area contributed by atoms with E-state index in [1.807, 2.05) is 40.7 Å². The highest BCUT2D eigenvalue weighted by Crippen LogP contribution is 2.35. The SMILES string of the molecule is CCOC(=O)C(C)=C[C@H](C(C)C)N(C)C(=O)[C@@H](NC(=O)[C@H]1CCCCN1C(C)C1CCC1)C(C)(C)C. The number of amides is 2. The van der Waals surface area contributed by atoms with Crippen LogP contribution < -0.4 is 5.32 Å². The third-order valence-corrected chi connectivity index (χ3v) is 8.10. The normalized spacial score (nSPS) is 22.4. The monoisotopic (exact) mass is 505 g/mol. The van der Waals surface area contributed by atoms with Gasteiger partial charge in [0.15, 0.2) is 0 Å². The largest absolute Gasteiger partial charge is 0.463 e. The molecule has 7 heteroatoms. The van der Waals surface area contributed by atoms with Crippen LogP contribution in [0.4, 0.5) is 0 Å². The molecule has 36 heavy (non-hydrogen) atoms. The van der Waals surface area contributed by atoms with Crippen LogP contribution in [-0.4, -0.2) is 72.0 Å². The number of esters is 1. The van der Waals surface area contributed by atoms with Crippen LogP contribution in [0.1, 0.15) is 93.9 Å². The lowest BCUT2D eigenvalue weighted by Crippen LogP contribution is -2.61. The second-order valence-corrected chi connectivity index (χ2v) is 12.2. The van der Waals surface area contributed by atoms with Crippen molar-refractivity contribution >= 4 is 17.8 Å². The fraction of sp³-hybridized carbons (Fsp3) is 0.828.